The Morgan fingerprint density at radius 2 is 2.05 bits per heavy atom. The van der Waals surface area contributed by atoms with Crippen LogP contribution in [-0.4, -0.2) is 29.7 Å². The van der Waals surface area contributed by atoms with Crippen molar-refractivity contribution in [1.82, 2.24) is 9.97 Å². The third kappa shape index (κ3) is 6.96. The molecular formula is C14H26N4O. The number of hydrogen-bond acceptors (Lipinski definition) is 5. The Morgan fingerprint density at radius 1 is 1.21 bits per heavy atom. The number of hydrogen-bond donors (Lipinski definition) is 2. The Bertz CT molecular complexity index is 357. The van der Waals surface area contributed by atoms with Gasteiger partial charge in [-0.2, -0.15) is 4.98 Å². The molecule has 0 fully saturated rings. The van der Waals surface area contributed by atoms with Crippen molar-refractivity contribution in [3.8, 4) is 5.88 Å². The summed E-state index contributed by atoms with van der Waals surface area (Å²) in [6.07, 6.45) is 5.46. The number of ether oxygens (including phenoxy) is 1. The molecule has 1 rings (SSSR count). The molecule has 1 heterocycles. The second-order valence-corrected chi connectivity index (χ2v) is 4.65. The van der Waals surface area contributed by atoms with E-state index >= 15 is 0 Å². The fourth-order valence-corrected chi connectivity index (χ4v) is 1.66. The summed E-state index contributed by atoms with van der Waals surface area (Å²) in [7, 11) is 0. The molecule has 0 aliphatic carbocycles. The third-order valence-electron chi connectivity index (χ3n) is 2.74. The van der Waals surface area contributed by atoms with E-state index in [-0.39, 0.29) is 0 Å². The van der Waals surface area contributed by atoms with Gasteiger partial charge in [0.25, 0.3) is 0 Å². The smallest absolute Gasteiger partial charge is 0.226 e. The van der Waals surface area contributed by atoms with Crippen LogP contribution in [0.1, 0.15) is 44.7 Å². The molecular weight excluding hydrogens is 240 g/mol. The second kappa shape index (κ2) is 9.55. The van der Waals surface area contributed by atoms with E-state index in [4.69, 9.17) is 10.5 Å². The van der Waals surface area contributed by atoms with Crippen LogP contribution in [0.4, 0.5) is 5.95 Å². The quantitative estimate of drug-likeness (QED) is 0.637. The SMILES string of the molecule is CCCCOc1cc(C)nc(NCCCCCN)n1. The van der Waals surface area contributed by atoms with Gasteiger partial charge >= 0.3 is 0 Å². The number of nitrogens with zero attached hydrogens (tertiary/aromatic N) is 2. The van der Waals surface area contributed by atoms with Crippen molar-refractivity contribution in [2.75, 3.05) is 25.0 Å². The van der Waals surface area contributed by atoms with Gasteiger partial charge in [0.05, 0.1) is 6.61 Å². The van der Waals surface area contributed by atoms with Crippen LogP contribution in [0.3, 0.4) is 0 Å². The molecule has 0 aromatic carbocycles. The van der Waals surface area contributed by atoms with Gasteiger partial charge in [0, 0.05) is 18.3 Å². The molecule has 0 atom stereocenters. The molecule has 0 unspecified atom stereocenters. The minimum atomic E-state index is 0.652. The molecule has 0 spiro atoms. The molecule has 0 saturated heterocycles. The highest BCUT2D eigenvalue weighted by atomic mass is 16.5. The van der Waals surface area contributed by atoms with Crippen molar-refractivity contribution in [3.05, 3.63) is 11.8 Å². The summed E-state index contributed by atoms with van der Waals surface area (Å²) in [5, 5.41) is 3.23. The zero-order valence-electron chi connectivity index (χ0n) is 12.1. The lowest BCUT2D eigenvalue weighted by molar-refractivity contribution is 0.297. The third-order valence-corrected chi connectivity index (χ3v) is 2.74. The molecule has 0 bridgehead atoms. The first-order valence-corrected chi connectivity index (χ1v) is 7.18. The molecule has 0 aliphatic heterocycles. The Kier molecular flexibility index (Phi) is 7.89. The fourth-order valence-electron chi connectivity index (χ4n) is 1.66. The van der Waals surface area contributed by atoms with Gasteiger partial charge in [0.1, 0.15) is 0 Å². The maximum atomic E-state index is 5.61. The van der Waals surface area contributed by atoms with Gasteiger partial charge in [0.2, 0.25) is 11.8 Å². The molecule has 0 radical (unpaired) electrons. The normalized spacial score (nSPS) is 10.5. The van der Waals surface area contributed by atoms with Crippen molar-refractivity contribution in [1.29, 1.82) is 0 Å². The highest BCUT2D eigenvalue weighted by molar-refractivity contribution is 5.30. The first-order chi connectivity index (χ1) is 9.26. The van der Waals surface area contributed by atoms with Gasteiger partial charge in [0.15, 0.2) is 0 Å². The van der Waals surface area contributed by atoms with E-state index in [2.05, 4.69) is 22.2 Å². The number of rotatable bonds is 10. The number of aromatic nitrogens is 2. The number of anilines is 1. The second-order valence-electron chi connectivity index (χ2n) is 4.65. The van der Waals surface area contributed by atoms with Gasteiger partial charge in [-0.1, -0.05) is 19.8 Å². The largest absolute Gasteiger partial charge is 0.478 e. The van der Waals surface area contributed by atoms with Crippen molar-refractivity contribution in [3.63, 3.8) is 0 Å². The summed E-state index contributed by atoms with van der Waals surface area (Å²) in [4.78, 5) is 8.71. The zero-order chi connectivity index (χ0) is 13.9. The number of nitrogens with two attached hydrogens (primary N) is 1. The lowest BCUT2D eigenvalue weighted by Gasteiger charge is -2.09. The van der Waals surface area contributed by atoms with E-state index < -0.39 is 0 Å². The summed E-state index contributed by atoms with van der Waals surface area (Å²) in [5.41, 5.74) is 6.38. The summed E-state index contributed by atoms with van der Waals surface area (Å²) >= 11 is 0. The summed E-state index contributed by atoms with van der Waals surface area (Å²) in [6.45, 7) is 6.44. The molecule has 1 aromatic rings. The molecule has 0 amide bonds. The highest BCUT2D eigenvalue weighted by Gasteiger charge is 2.02. The van der Waals surface area contributed by atoms with Gasteiger partial charge < -0.3 is 15.8 Å². The number of aryl methyl sites for hydroxylation is 1. The van der Waals surface area contributed by atoms with E-state index in [1.54, 1.807) is 0 Å². The average Bonchev–Trinajstić information content (AvgIpc) is 2.38. The first-order valence-electron chi connectivity index (χ1n) is 7.18. The van der Waals surface area contributed by atoms with Crippen LogP contribution < -0.4 is 15.8 Å². The lowest BCUT2D eigenvalue weighted by Crippen LogP contribution is -2.08. The van der Waals surface area contributed by atoms with Gasteiger partial charge in [-0.3, -0.25) is 0 Å². The monoisotopic (exact) mass is 266 g/mol. The molecule has 0 saturated carbocycles. The topological polar surface area (TPSA) is 73.1 Å². The Balaban J connectivity index is 2.39. The van der Waals surface area contributed by atoms with E-state index in [1.807, 2.05) is 13.0 Å². The minimum absolute atomic E-state index is 0.652. The van der Waals surface area contributed by atoms with E-state index in [0.29, 0.717) is 18.4 Å². The number of nitrogens with one attached hydrogen (secondary N) is 1. The highest BCUT2D eigenvalue weighted by Crippen LogP contribution is 2.12. The van der Waals surface area contributed by atoms with Crippen LogP contribution >= 0.6 is 0 Å². The van der Waals surface area contributed by atoms with Crippen molar-refractivity contribution < 1.29 is 4.74 Å². The van der Waals surface area contributed by atoms with Crippen molar-refractivity contribution >= 4 is 5.95 Å². The van der Waals surface area contributed by atoms with Crippen LogP contribution in [0, 0.1) is 6.92 Å². The van der Waals surface area contributed by atoms with E-state index in [1.165, 1.54) is 0 Å². The Labute approximate surface area is 116 Å². The van der Waals surface area contributed by atoms with Gasteiger partial charge in [-0.25, -0.2) is 4.98 Å². The molecule has 0 aliphatic rings. The van der Waals surface area contributed by atoms with Crippen LogP contribution in [-0.2, 0) is 0 Å². The molecule has 108 valence electrons. The van der Waals surface area contributed by atoms with Crippen molar-refractivity contribution in [2.24, 2.45) is 5.73 Å². The molecule has 5 heteroatoms. The molecule has 5 nitrogen and oxygen atoms in total. The average molecular weight is 266 g/mol. The van der Waals surface area contributed by atoms with Gasteiger partial charge in [-0.15, -0.1) is 0 Å². The Morgan fingerprint density at radius 3 is 2.79 bits per heavy atom. The van der Waals surface area contributed by atoms with E-state index in [9.17, 15) is 0 Å². The number of unbranched alkanes of at least 4 members (excludes halogenated alkanes) is 3. The summed E-state index contributed by atoms with van der Waals surface area (Å²) < 4.78 is 5.61. The maximum Gasteiger partial charge on any atom is 0.226 e. The van der Waals surface area contributed by atoms with Crippen LogP contribution in [0.15, 0.2) is 6.07 Å². The molecule has 3 N–H and O–H groups in total. The maximum absolute atomic E-state index is 5.61. The first kappa shape index (κ1) is 15.7. The summed E-state index contributed by atoms with van der Waals surface area (Å²) in [6, 6.07) is 1.87. The lowest BCUT2D eigenvalue weighted by atomic mass is 10.2. The fraction of sp³-hybridized carbons (Fsp3) is 0.714. The van der Waals surface area contributed by atoms with Crippen LogP contribution in [0.25, 0.3) is 0 Å². The van der Waals surface area contributed by atoms with Crippen LogP contribution in [0.2, 0.25) is 0 Å². The molecule has 1 aromatic heterocycles. The molecule has 19 heavy (non-hydrogen) atoms. The van der Waals surface area contributed by atoms with Crippen molar-refractivity contribution in [2.45, 2.75) is 46.0 Å². The zero-order valence-corrected chi connectivity index (χ0v) is 12.1. The predicted octanol–water partition coefficient (Wildman–Crippen LogP) is 2.50. The van der Waals surface area contributed by atoms with E-state index in [0.717, 1.165) is 50.9 Å². The minimum Gasteiger partial charge on any atom is -0.478 e. The summed E-state index contributed by atoms with van der Waals surface area (Å²) in [5.74, 6) is 1.31. The van der Waals surface area contributed by atoms with Gasteiger partial charge in [-0.05, 0) is 32.7 Å². The Hall–Kier alpha value is -1.36. The standard InChI is InChI=1S/C14H26N4O/c1-3-4-10-19-13-11-12(2)17-14(18-13)16-9-7-5-6-8-15/h11H,3-10,15H2,1-2H3,(H,16,17,18). The predicted molar refractivity (Wildman–Crippen MR) is 78.6 cm³/mol. The van der Waals surface area contributed by atoms with Crippen LogP contribution in [0.5, 0.6) is 5.88 Å².